The smallest absolute Gasteiger partial charge is 0.304 e. The van der Waals surface area contributed by atoms with E-state index in [9.17, 15) is 9.59 Å². The summed E-state index contributed by atoms with van der Waals surface area (Å²) >= 11 is 0. The average molecular weight is 295 g/mol. The van der Waals surface area contributed by atoms with Gasteiger partial charge in [-0.1, -0.05) is 18.2 Å². The van der Waals surface area contributed by atoms with Gasteiger partial charge in [-0.3, -0.25) is 9.59 Å². The fraction of sp³-hybridized carbons (Fsp3) is 0.235. The van der Waals surface area contributed by atoms with Crippen molar-refractivity contribution in [3.8, 4) is 0 Å². The summed E-state index contributed by atoms with van der Waals surface area (Å²) in [7, 11) is 0. The number of hydrogen-bond donors (Lipinski definition) is 1. The molecule has 1 aromatic heterocycles. The molecule has 0 fully saturated rings. The number of fused-ring (bicyclic) bond motifs is 1. The molecule has 0 aliphatic carbocycles. The number of aromatic nitrogens is 1. The lowest BCUT2D eigenvalue weighted by Gasteiger charge is -2.28. The average Bonchev–Trinajstić information content (AvgIpc) is 2.53. The molecule has 3 rings (SSSR count). The molecular weight excluding hydrogens is 278 g/mol. The van der Waals surface area contributed by atoms with Crippen molar-refractivity contribution in [2.24, 2.45) is 0 Å². The molecule has 0 spiro atoms. The Balaban J connectivity index is 1.78. The number of carbonyl (C=O) groups is 2. The zero-order valence-electron chi connectivity index (χ0n) is 12.4. The maximum Gasteiger partial charge on any atom is 0.316 e. The minimum atomic E-state index is -0.658. The molecule has 0 bridgehead atoms. The van der Waals surface area contributed by atoms with Gasteiger partial charge in [0.05, 0.1) is 0 Å². The Labute approximate surface area is 129 Å². The van der Waals surface area contributed by atoms with Crippen molar-refractivity contribution in [3.63, 3.8) is 0 Å². The Morgan fingerprint density at radius 1 is 1.23 bits per heavy atom. The molecule has 0 unspecified atom stereocenters. The van der Waals surface area contributed by atoms with Crippen LogP contribution >= 0.6 is 0 Å². The first kappa shape index (κ1) is 14.3. The van der Waals surface area contributed by atoms with Crippen LogP contribution in [-0.4, -0.2) is 23.3 Å². The van der Waals surface area contributed by atoms with Crippen LogP contribution < -0.4 is 10.2 Å². The number of nitrogens with zero attached hydrogens (tertiary/aromatic N) is 2. The number of pyridine rings is 1. The monoisotopic (exact) mass is 295 g/mol. The van der Waals surface area contributed by atoms with Crippen LogP contribution in [0.5, 0.6) is 0 Å². The topological polar surface area (TPSA) is 62.3 Å². The second-order valence-corrected chi connectivity index (χ2v) is 5.36. The number of nitrogens with one attached hydrogen (secondary N) is 1. The van der Waals surface area contributed by atoms with Crippen LogP contribution in [0.15, 0.2) is 42.6 Å². The van der Waals surface area contributed by atoms with Crippen molar-refractivity contribution in [1.82, 2.24) is 4.98 Å². The zero-order chi connectivity index (χ0) is 15.5. The lowest BCUT2D eigenvalue weighted by molar-refractivity contribution is -0.134. The van der Waals surface area contributed by atoms with Crippen molar-refractivity contribution in [3.05, 3.63) is 53.7 Å². The molecule has 2 amide bonds. The van der Waals surface area contributed by atoms with Gasteiger partial charge in [-0.2, -0.15) is 0 Å². The highest BCUT2D eigenvalue weighted by molar-refractivity contribution is 6.44. The molecule has 0 saturated carbocycles. The lowest BCUT2D eigenvalue weighted by Crippen LogP contribution is -2.42. The van der Waals surface area contributed by atoms with E-state index in [1.165, 1.54) is 0 Å². The maximum atomic E-state index is 12.4. The molecule has 22 heavy (non-hydrogen) atoms. The van der Waals surface area contributed by atoms with E-state index in [1.54, 1.807) is 17.2 Å². The Hall–Kier alpha value is -2.69. The first-order valence-electron chi connectivity index (χ1n) is 7.28. The molecule has 2 heterocycles. The SMILES string of the molecule is Cc1ccnc(NC(=O)C(=O)N2CCCc3ccccc32)c1. The van der Waals surface area contributed by atoms with Crippen LogP contribution in [0, 0.1) is 6.92 Å². The van der Waals surface area contributed by atoms with Gasteiger partial charge in [0, 0.05) is 18.4 Å². The predicted molar refractivity (Wildman–Crippen MR) is 84.7 cm³/mol. The minimum absolute atomic E-state index is 0.392. The highest BCUT2D eigenvalue weighted by Crippen LogP contribution is 2.26. The first-order chi connectivity index (χ1) is 10.6. The van der Waals surface area contributed by atoms with Gasteiger partial charge in [0.15, 0.2) is 0 Å². The molecule has 0 atom stereocenters. The third-order valence-corrected chi connectivity index (χ3v) is 3.71. The number of para-hydroxylation sites is 1. The molecule has 5 heteroatoms. The highest BCUT2D eigenvalue weighted by atomic mass is 16.2. The Kier molecular flexibility index (Phi) is 3.87. The summed E-state index contributed by atoms with van der Waals surface area (Å²) in [5.74, 6) is -0.811. The summed E-state index contributed by atoms with van der Waals surface area (Å²) in [6.07, 6.45) is 3.39. The van der Waals surface area contributed by atoms with Crippen molar-refractivity contribution in [2.45, 2.75) is 19.8 Å². The maximum absolute atomic E-state index is 12.4. The number of amides is 2. The van der Waals surface area contributed by atoms with Gasteiger partial charge in [0.1, 0.15) is 5.82 Å². The van der Waals surface area contributed by atoms with Crippen LogP contribution in [0.25, 0.3) is 0 Å². The number of carbonyl (C=O) groups excluding carboxylic acids is 2. The van der Waals surface area contributed by atoms with E-state index in [4.69, 9.17) is 0 Å². The third kappa shape index (κ3) is 2.83. The molecule has 1 N–H and O–H groups in total. The fourth-order valence-electron chi connectivity index (χ4n) is 2.64. The largest absolute Gasteiger partial charge is 0.316 e. The van der Waals surface area contributed by atoms with E-state index in [1.807, 2.05) is 37.3 Å². The standard InChI is InChI=1S/C17H17N3O2/c1-12-8-9-18-15(11-12)19-16(21)17(22)20-10-4-6-13-5-2-3-7-14(13)20/h2-3,5,7-9,11H,4,6,10H2,1H3,(H,18,19,21). The van der Waals surface area contributed by atoms with Gasteiger partial charge in [-0.15, -0.1) is 0 Å². The molecule has 0 saturated heterocycles. The van der Waals surface area contributed by atoms with E-state index >= 15 is 0 Å². The van der Waals surface area contributed by atoms with Gasteiger partial charge >= 0.3 is 11.8 Å². The van der Waals surface area contributed by atoms with Gasteiger partial charge in [0.2, 0.25) is 0 Å². The number of benzene rings is 1. The van der Waals surface area contributed by atoms with Gasteiger partial charge in [-0.25, -0.2) is 4.98 Å². The van der Waals surface area contributed by atoms with Crippen LogP contribution in [0.1, 0.15) is 17.5 Å². The molecule has 112 valence electrons. The fourth-order valence-corrected chi connectivity index (χ4v) is 2.64. The molecule has 1 aromatic carbocycles. The zero-order valence-corrected chi connectivity index (χ0v) is 12.4. The summed E-state index contributed by atoms with van der Waals surface area (Å²) in [6, 6.07) is 11.3. The van der Waals surface area contributed by atoms with Crippen LogP contribution in [0.4, 0.5) is 11.5 Å². The van der Waals surface area contributed by atoms with Crippen molar-refractivity contribution >= 4 is 23.3 Å². The van der Waals surface area contributed by atoms with Gasteiger partial charge < -0.3 is 10.2 Å². The quantitative estimate of drug-likeness (QED) is 0.821. The normalized spacial score (nSPS) is 13.4. The Bertz CT molecular complexity index is 727. The third-order valence-electron chi connectivity index (χ3n) is 3.71. The van der Waals surface area contributed by atoms with Crippen LogP contribution in [0.2, 0.25) is 0 Å². The first-order valence-corrected chi connectivity index (χ1v) is 7.28. The van der Waals surface area contributed by atoms with Crippen molar-refractivity contribution < 1.29 is 9.59 Å². The highest BCUT2D eigenvalue weighted by Gasteiger charge is 2.27. The number of anilines is 2. The second-order valence-electron chi connectivity index (χ2n) is 5.36. The summed E-state index contributed by atoms with van der Waals surface area (Å²) in [5, 5.41) is 2.57. The van der Waals surface area contributed by atoms with E-state index in [2.05, 4.69) is 10.3 Å². The predicted octanol–water partition coefficient (Wildman–Crippen LogP) is 2.31. The number of rotatable bonds is 1. The lowest BCUT2D eigenvalue weighted by atomic mass is 10.0. The summed E-state index contributed by atoms with van der Waals surface area (Å²) < 4.78 is 0. The van der Waals surface area contributed by atoms with Crippen LogP contribution in [0.3, 0.4) is 0 Å². The van der Waals surface area contributed by atoms with E-state index < -0.39 is 11.8 Å². The Morgan fingerprint density at radius 3 is 2.86 bits per heavy atom. The van der Waals surface area contributed by atoms with Crippen LogP contribution in [-0.2, 0) is 16.0 Å². The van der Waals surface area contributed by atoms with Gasteiger partial charge in [0.25, 0.3) is 0 Å². The second kappa shape index (κ2) is 5.97. The molecule has 1 aliphatic heterocycles. The molecule has 0 radical (unpaired) electrons. The van der Waals surface area contributed by atoms with E-state index in [0.717, 1.165) is 29.7 Å². The van der Waals surface area contributed by atoms with E-state index in [-0.39, 0.29) is 0 Å². The molecule has 2 aromatic rings. The number of hydrogen-bond acceptors (Lipinski definition) is 3. The Morgan fingerprint density at radius 2 is 2.05 bits per heavy atom. The minimum Gasteiger partial charge on any atom is -0.304 e. The number of aryl methyl sites for hydroxylation is 2. The summed E-state index contributed by atoms with van der Waals surface area (Å²) in [6.45, 7) is 2.46. The molecular formula is C17H17N3O2. The molecule has 5 nitrogen and oxygen atoms in total. The summed E-state index contributed by atoms with van der Waals surface area (Å²) in [4.78, 5) is 30.2. The van der Waals surface area contributed by atoms with Crippen molar-refractivity contribution in [2.75, 3.05) is 16.8 Å². The molecule has 1 aliphatic rings. The van der Waals surface area contributed by atoms with Gasteiger partial charge in [-0.05, 0) is 49.1 Å². The van der Waals surface area contributed by atoms with E-state index in [0.29, 0.717) is 12.4 Å². The van der Waals surface area contributed by atoms with Crippen molar-refractivity contribution in [1.29, 1.82) is 0 Å². The summed E-state index contributed by atoms with van der Waals surface area (Å²) in [5.41, 5.74) is 2.90.